The van der Waals surface area contributed by atoms with E-state index in [0.29, 0.717) is 0 Å². The molecule has 0 radical (unpaired) electrons. The lowest BCUT2D eigenvalue weighted by Gasteiger charge is -2.24. The third-order valence-corrected chi connectivity index (χ3v) is 5.13. The first-order valence-corrected chi connectivity index (χ1v) is 9.57. The molecule has 138 valence electrons. The fourth-order valence-corrected chi connectivity index (χ4v) is 3.46. The summed E-state index contributed by atoms with van der Waals surface area (Å²) in [5.41, 5.74) is 2.58. The van der Waals surface area contributed by atoms with Crippen LogP contribution in [0.5, 0.6) is 5.75 Å². The lowest BCUT2D eigenvalue weighted by atomic mass is 10.2. The topological polar surface area (TPSA) is 27.7 Å². The lowest BCUT2D eigenvalue weighted by Crippen LogP contribution is -2.41. The smallest absolute Gasteiger partial charge is 0.169 e. The van der Waals surface area contributed by atoms with Crippen LogP contribution in [-0.2, 0) is 13.1 Å². The average Bonchev–Trinajstić information content (AvgIpc) is 2.93. The molecule has 0 bridgehead atoms. The summed E-state index contributed by atoms with van der Waals surface area (Å²) in [6.07, 6.45) is 1.14. The molecule has 4 nitrogen and oxygen atoms in total. The molecule has 1 aliphatic rings. The van der Waals surface area contributed by atoms with Gasteiger partial charge >= 0.3 is 0 Å². The molecule has 0 saturated carbocycles. The molecular weight excluding hydrogens is 342 g/mol. The molecule has 0 aromatic heterocycles. The van der Waals surface area contributed by atoms with Crippen molar-refractivity contribution in [1.29, 1.82) is 0 Å². The summed E-state index contributed by atoms with van der Waals surface area (Å²) in [4.78, 5) is 4.81. The van der Waals surface area contributed by atoms with Crippen molar-refractivity contribution in [2.45, 2.75) is 19.5 Å². The van der Waals surface area contributed by atoms with Gasteiger partial charge in [-0.15, -0.1) is 0 Å². The van der Waals surface area contributed by atoms with Gasteiger partial charge in [0.1, 0.15) is 5.75 Å². The fourth-order valence-electron chi connectivity index (χ4n) is 3.21. The fraction of sp³-hybridized carbons (Fsp3) is 0.381. The molecule has 1 N–H and O–H groups in total. The number of nitrogens with one attached hydrogen (secondary N) is 1. The minimum atomic E-state index is 0.743. The zero-order valence-electron chi connectivity index (χ0n) is 15.4. The van der Waals surface area contributed by atoms with Crippen molar-refractivity contribution >= 4 is 17.3 Å². The van der Waals surface area contributed by atoms with Gasteiger partial charge in [0.05, 0.1) is 7.11 Å². The van der Waals surface area contributed by atoms with Gasteiger partial charge in [0.25, 0.3) is 0 Å². The Hall–Kier alpha value is -2.11. The van der Waals surface area contributed by atoms with Crippen LogP contribution in [0.3, 0.4) is 0 Å². The van der Waals surface area contributed by atoms with Gasteiger partial charge in [-0.25, -0.2) is 0 Å². The third kappa shape index (κ3) is 5.44. The van der Waals surface area contributed by atoms with Crippen molar-refractivity contribution < 1.29 is 4.74 Å². The van der Waals surface area contributed by atoms with Crippen LogP contribution in [0, 0.1) is 0 Å². The molecule has 1 aliphatic heterocycles. The van der Waals surface area contributed by atoms with E-state index < -0.39 is 0 Å². The number of nitrogens with zero attached hydrogens (tertiary/aromatic N) is 2. The molecule has 0 unspecified atom stereocenters. The second-order valence-corrected chi connectivity index (χ2v) is 7.00. The predicted molar refractivity (Wildman–Crippen MR) is 110 cm³/mol. The quantitative estimate of drug-likeness (QED) is 0.817. The van der Waals surface area contributed by atoms with Crippen molar-refractivity contribution in [1.82, 2.24) is 15.1 Å². The van der Waals surface area contributed by atoms with Crippen LogP contribution in [0.15, 0.2) is 54.6 Å². The second kappa shape index (κ2) is 9.55. The molecule has 0 aliphatic carbocycles. The molecule has 0 spiro atoms. The Morgan fingerprint density at radius 3 is 2.46 bits per heavy atom. The van der Waals surface area contributed by atoms with Gasteiger partial charge in [-0.2, -0.15) is 0 Å². The summed E-state index contributed by atoms with van der Waals surface area (Å²) in [5, 5.41) is 4.25. The zero-order valence-corrected chi connectivity index (χ0v) is 16.2. The maximum atomic E-state index is 5.62. The minimum absolute atomic E-state index is 0.743. The Bertz CT molecular complexity index is 690. The van der Waals surface area contributed by atoms with Gasteiger partial charge < -0.3 is 15.0 Å². The summed E-state index contributed by atoms with van der Waals surface area (Å²) in [7, 11) is 1.68. The number of rotatable bonds is 5. The van der Waals surface area contributed by atoms with Crippen LogP contribution >= 0.6 is 12.2 Å². The molecule has 0 amide bonds. The van der Waals surface area contributed by atoms with E-state index in [1.54, 1.807) is 7.11 Å². The standard InChI is InChI=1S/C21H27N3OS/c1-25-20-10-8-18(9-11-20)16-22-21(26)24-13-5-12-23(14-15-24)17-19-6-3-2-4-7-19/h2-4,6-11H,5,12-17H2,1H3,(H,22,26). The largest absolute Gasteiger partial charge is 0.497 e. The van der Waals surface area contributed by atoms with E-state index in [1.165, 1.54) is 11.1 Å². The Labute approximate surface area is 161 Å². The van der Waals surface area contributed by atoms with Crippen molar-refractivity contribution in [2.24, 2.45) is 0 Å². The molecule has 0 atom stereocenters. The molecule has 1 heterocycles. The number of benzene rings is 2. The normalized spacial score (nSPS) is 15.3. The van der Waals surface area contributed by atoms with E-state index in [9.17, 15) is 0 Å². The monoisotopic (exact) mass is 369 g/mol. The zero-order chi connectivity index (χ0) is 18.2. The second-order valence-electron chi connectivity index (χ2n) is 6.61. The maximum absolute atomic E-state index is 5.62. The van der Waals surface area contributed by atoms with Gasteiger partial charge in [0.2, 0.25) is 0 Å². The molecule has 1 fully saturated rings. The van der Waals surface area contributed by atoms with E-state index in [-0.39, 0.29) is 0 Å². The predicted octanol–water partition coefficient (Wildman–Crippen LogP) is 3.28. The number of methoxy groups -OCH3 is 1. The Kier molecular flexibility index (Phi) is 6.86. The van der Waals surface area contributed by atoms with Crippen LogP contribution in [0.1, 0.15) is 17.5 Å². The highest BCUT2D eigenvalue weighted by Crippen LogP contribution is 2.12. The summed E-state index contributed by atoms with van der Waals surface area (Å²) in [6.45, 7) is 5.90. The molecule has 2 aromatic rings. The van der Waals surface area contributed by atoms with Crippen molar-refractivity contribution in [2.75, 3.05) is 33.3 Å². The average molecular weight is 370 g/mol. The van der Waals surface area contributed by atoms with Crippen molar-refractivity contribution in [3.63, 3.8) is 0 Å². The summed E-state index contributed by atoms with van der Waals surface area (Å²) in [6, 6.07) is 18.8. The van der Waals surface area contributed by atoms with E-state index in [1.807, 2.05) is 12.1 Å². The van der Waals surface area contributed by atoms with E-state index >= 15 is 0 Å². The molecule has 2 aromatic carbocycles. The first-order valence-electron chi connectivity index (χ1n) is 9.16. The molecule has 5 heteroatoms. The summed E-state index contributed by atoms with van der Waals surface area (Å²) < 4.78 is 5.20. The first-order chi connectivity index (χ1) is 12.7. The molecule has 1 saturated heterocycles. The third-order valence-electron chi connectivity index (χ3n) is 4.73. The Morgan fingerprint density at radius 1 is 0.962 bits per heavy atom. The highest BCUT2D eigenvalue weighted by Gasteiger charge is 2.16. The van der Waals surface area contributed by atoms with Gasteiger partial charge in [0, 0.05) is 39.3 Å². The van der Waals surface area contributed by atoms with Gasteiger partial charge in [-0.05, 0) is 41.9 Å². The van der Waals surface area contributed by atoms with Crippen LogP contribution in [0.25, 0.3) is 0 Å². The van der Waals surface area contributed by atoms with Crippen LogP contribution in [0.2, 0.25) is 0 Å². The van der Waals surface area contributed by atoms with Crippen molar-refractivity contribution in [3.05, 3.63) is 65.7 Å². The Morgan fingerprint density at radius 2 is 1.73 bits per heavy atom. The number of thiocarbonyl (C=S) groups is 1. The lowest BCUT2D eigenvalue weighted by molar-refractivity contribution is 0.277. The molecule has 3 rings (SSSR count). The van der Waals surface area contributed by atoms with Gasteiger partial charge in [0.15, 0.2) is 5.11 Å². The Balaban J connectivity index is 1.46. The van der Waals surface area contributed by atoms with E-state index in [4.69, 9.17) is 17.0 Å². The van der Waals surface area contributed by atoms with Crippen LogP contribution in [0.4, 0.5) is 0 Å². The summed E-state index contributed by atoms with van der Waals surface area (Å²) in [5.74, 6) is 0.877. The van der Waals surface area contributed by atoms with Crippen molar-refractivity contribution in [3.8, 4) is 5.75 Å². The highest BCUT2D eigenvalue weighted by molar-refractivity contribution is 7.80. The van der Waals surface area contributed by atoms with Gasteiger partial charge in [-0.1, -0.05) is 42.5 Å². The van der Waals surface area contributed by atoms with Gasteiger partial charge in [-0.3, -0.25) is 4.90 Å². The molecular formula is C21H27N3OS. The minimum Gasteiger partial charge on any atom is -0.497 e. The van der Waals surface area contributed by atoms with Crippen LogP contribution in [-0.4, -0.2) is 48.2 Å². The van der Waals surface area contributed by atoms with E-state index in [0.717, 1.165) is 56.6 Å². The first kappa shape index (κ1) is 18.7. The highest BCUT2D eigenvalue weighted by atomic mass is 32.1. The molecule has 26 heavy (non-hydrogen) atoms. The number of hydrogen-bond acceptors (Lipinski definition) is 3. The van der Waals surface area contributed by atoms with E-state index in [2.05, 4.69) is 57.6 Å². The number of ether oxygens (including phenoxy) is 1. The number of hydrogen-bond donors (Lipinski definition) is 1. The SMILES string of the molecule is COc1ccc(CNC(=S)N2CCCN(Cc3ccccc3)CC2)cc1. The van der Waals surface area contributed by atoms with Crippen LogP contribution < -0.4 is 10.1 Å². The maximum Gasteiger partial charge on any atom is 0.169 e. The summed E-state index contributed by atoms with van der Waals surface area (Å²) >= 11 is 5.62.